The third-order valence-electron chi connectivity index (χ3n) is 3.92. The smallest absolute Gasteiger partial charge is 0.237 e. The van der Waals surface area contributed by atoms with Crippen molar-refractivity contribution in [2.24, 2.45) is 0 Å². The molecule has 28 heavy (non-hydrogen) atoms. The van der Waals surface area contributed by atoms with Crippen LogP contribution in [0.15, 0.2) is 55.0 Å². The lowest BCUT2D eigenvalue weighted by Crippen LogP contribution is -2.02. The zero-order valence-corrected chi connectivity index (χ0v) is 15.8. The minimum Gasteiger partial charge on any atom is -0.481 e. The quantitative estimate of drug-likeness (QED) is 0.507. The van der Waals surface area contributed by atoms with Gasteiger partial charge in [-0.1, -0.05) is 23.7 Å². The van der Waals surface area contributed by atoms with Crippen LogP contribution in [0.1, 0.15) is 5.82 Å². The summed E-state index contributed by atoms with van der Waals surface area (Å²) in [7, 11) is 1.57. The summed E-state index contributed by atoms with van der Waals surface area (Å²) in [6, 6.07) is 10.8. The van der Waals surface area contributed by atoms with Crippen LogP contribution in [0.3, 0.4) is 0 Å². The minimum atomic E-state index is 0.325. The molecule has 0 aliphatic heterocycles. The van der Waals surface area contributed by atoms with E-state index in [0.717, 1.165) is 5.69 Å². The van der Waals surface area contributed by atoms with Crippen LogP contribution in [0, 0.1) is 6.92 Å². The largest absolute Gasteiger partial charge is 0.481 e. The van der Waals surface area contributed by atoms with Crippen molar-refractivity contribution in [1.29, 1.82) is 0 Å². The average Bonchev–Trinajstić information content (AvgIpc) is 3.12. The molecule has 3 heterocycles. The van der Waals surface area contributed by atoms with Crippen LogP contribution in [-0.4, -0.2) is 36.8 Å². The first kappa shape index (κ1) is 17.9. The number of aryl methyl sites for hydroxylation is 1. The van der Waals surface area contributed by atoms with Gasteiger partial charge in [0.15, 0.2) is 5.82 Å². The number of para-hydroxylation sites is 1. The molecule has 140 valence electrons. The van der Waals surface area contributed by atoms with Gasteiger partial charge in [-0.2, -0.15) is 0 Å². The lowest BCUT2D eigenvalue weighted by atomic mass is 10.3. The van der Waals surface area contributed by atoms with Gasteiger partial charge < -0.3 is 9.47 Å². The highest BCUT2D eigenvalue weighted by Gasteiger charge is 2.15. The lowest BCUT2D eigenvalue weighted by molar-refractivity contribution is 0.398. The fourth-order valence-corrected chi connectivity index (χ4v) is 2.76. The maximum absolute atomic E-state index is 6.10. The highest BCUT2D eigenvalue weighted by Crippen LogP contribution is 2.28. The lowest BCUT2D eigenvalue weighted by Gasteiger charge is -2.09. The van der Waals surface area contributed by atoms with Crippen molar-refractivity contribution in [3.05, 3.63) is 65.8 Å². The number of halogens is 1. The molecular weight excluding hydrogens is 380 g/mol. The van der Waals surface area contributed by atoms with Gasteiger partial charge in [-0.3, -0.25) is 4.57 Å². The number of methoxy groups -OCH3 is 1. The summed E-state index contributed by atoms with van der Waals surface area (Å²) in [5.41, 5.74) is 1.33. The van der Waals surface area contributed by atoms with E-state index in [0.29, 0.717) is 39.9 Å². The van der Waals surface area contributed by atoms with E-state index in [2.05, 4.69) is 25.1 Å². The molecular formula is C19H15ClN6O2. The second kappa shape index (κ2) is 7.61. The van der Waals surface area contributed by atoms with E-state index in [1.54, 1.807) is 37.7 Å². The van der Waals surface area contributed by atoms with Gasteiger partial charge in [-0.15, -0.1) is 10.2 Å². The molecule has 8 nitrogen and oxygen atoms in total. The third-order valence-corrected chi connectivity index (χ3v) is 4.23. The Balaban J connectivity index is 1.64. The summed E-state index contributed by atoms with van der Waals surface area (Å²) >= 11 is 6.10. The molecule has 4 aromatic rings. The molecule has 3 aromatic heterocycles. The number of benzene rings is 1. The molecule has 0 bridgehead atoms. The molecule has 0 unspecified atom stereocenters. The Morgan fingerprint density at radius 3 is 2.39 bits per heavy atom. The van der Waals surface area contributed by atoms with Gasteiger partial charge >= 0.3 is 0 Å². The highest BCUT2D eigenvalue weighted by atomic mass is 35.5. The van der Waals surface area contributed by atoms with E-state index in [1.165, 1.54) is 6.20 Å². The fourth-order valence-electron chi connectivity index (χ4n) is 2.59. The van der Waals surface area contributed by atoms with Gasteiger partial charge in [0.1, 0.15) is 17.3 Å². The molecule has 4 rings (SSSR count). The van der Waals surface area contributed by atoms with E-state index in [4.69, 9.17) is 21.1 Å². The Morgan fingerprint density at radius 1 is 0.893 bits per heavy atom. The summed E-state index contributed by atoms with van der Waals surface area (Å²) in [6.45, 7) is 1.85. The monoisotopic (exact) mass is 394 g/mol. The summed E-state index contributed by atoms with van der Waals surface area (Å²) in [6.07, 6.45) is 4.77. The molecule has 0 amide bonds. The first-order valence-electron chi connectivity index (χ1n) is 8.33. The van der Waals surface area contributed by atoms with Crippen LogP contribution >= 0.6 is 11.6 Å². The summed E-state index contributed by atoms with van der Waals surface area (Å²) in [5, 5.41) is 8.87. The zero-order valence-electron chi connectivity index (χ0n) is 15.1. The van der Waals surface area contributed by atoms with Crippen LogP contribution in [0.5, 0.6) is 17.5 Å². The molecule has 0 saturated carbocycles. The predicted octanol–water partition coefficient (Wildman–Crippen LogP) is 3.88. The first-order valence-corrected chi connectivity index (χ1v) is 8.71. The van der Waals surface area contributed by atoms with Gasteiger partial charge in [-0.25, -0.2) is 15.0 Å². The molecule has 0 saturated heterocycles. The van der Waals surface area contributed by atoms with E-state index < -0.39 is 0 Å². The second-order valence-corrected chi connectivity index (χ2v) is 6.14. The van der Waals surface area contributed by atoms with Crippen molar-refractivity contribution in [2.75, 3.05) is 7.11 Å². The number of hydrogen-bond donors (Lipinski definition) is 0. The Kier molecular flexibility index (Phi) is 4.86. The van der Waals surface area contributed by atoms with Crippen LogP contribution < -0.4 is 9.47 Å². The number of pyridine rings is 1. The van der Waals surface area contributed by atoms with Crippen molar-refractivity contribution in [3.63, 3.8) is 0 Å². The van der Waals surface area contributed by atoms with E-state index in [-0.39, 0.29) is 0 Å². The standard InChI is InChI=1S/C19H15ClN6O2/c1-12-24-25-19(26(12)13-7-8-17(27-2)22-9-13)15-10-23-18(11-21-15)28-16-6-4-3-5-14(16)20/h3-11H,1-2H3. The van der Waals surface area contributed by atoms with Crippen molar-refractivity contribution < 1.29 is 9.47 Å². The van der Waals surface area contributed by atoms with Gasteiger partial charge in [0.25, 0.3) is 0 Å². The van der Waals surface area contributed by atoms with Crippen LogP contribution in [0.2, 0.25) is 5.02 Å². The molecule has 0 aliphatic carbocycles. The first-order chi connectivity index (χ1) is 13.7. The highest BCUT2D eigenvalue weighted by molar-refractivity contribution is 6.32. The van der Waals surface area contributed by atoms with E-state index in [1.807, 2.05) is 29.7 Å². The average molecular weight is 395 g/mol. The fraction of sp³-hybridized carbons (Fsp3) is 0.105. The van der Waals surface area contributed by atoms with Crippen molar-refractivity contribution >= 4 is 11.6 Å². The SMILES string of the molecule is COc1ccc(-n2c(C)nnc2-c2cnc(Oc3ccccc3Cl)cn2)cn1. The van der Waals surface area contributed by atoms with Gasteiger partial charge in [-0.05, 0) is 25.1 Å². The molecule has 0 atom stereocenters. The second-order valence-electron chi connectivity index (χ2n) is 5.74. The Hall–Kier alpha value is -3.52. The summed E-state index contributed by atoms with van der Waals surface area (Å²) in [4.78, 5) is 12.9. The predicted molar refractivity (Wildman–Crippen MR) is 103 cm³/mol. The molecule has 0 fully saturated rings. The van der Waals surface area contributed by atoms with E-state index in [9.17, 15) is 0 Å². The maximum atomic E-state index is 6.10. The number of hydrogen-bond acceptors (Lipinski definition) is 7. The molecule has 1 aromatic carbocycles. The number of aromatic nitrogens is 6. The van der Waals surface area contributed by atoms with Crippen LogP contribution in [-0.2, 0) is 0 Å². The van der Waals surface area contributed by atoms with Crippen LogP contribution in [0.25, 0.3) is 17.2 Å². The van der Waals surface area contributed by atoms with E-state index >= 15 is 0 Å². The topological polar surface area (TPSA) is 87.8 Å². The minimum absolute atomic E-state index is 0.325. The molecule has 0 aliphatic rings. The summed E-state index contributed by atoms with van der Waals surface area (Å²) in [5.74, 6) is 2.60. The summed E-state index contributed by atoms with van der Waals surface area (Å²) < 4.78 is 12.6. The molecule has 9 heteroatoms. The zero-order chi connectivity index (χ0) is 19.5. The molecule has 0 spiro atoms. The molecule has 0 radical (unpaired) electrons. The third kappa shape index (κ3) is 3.49. The van der Waals surface area contributed by atoms with Gasteiger partial charge in [0.2, 0.25) is 11.8 Å². The number of nitrogens with zero attached hydrogens (tertiary/aromatic N) is 6. The molecule has 0 N–H and O–H groups in total. The Morgan fingerprint density at radius 2 is 1.71 bits per heavy atom. The van der Waals surface area contributed by atoms with Crippen molar-refractivity contribution in [3.8, 4) is 34.7 Å². The van der Waals surface area contributed by atoms with Gasteiger partial charge in [0, 0.05) is 6.07 Å². The van der Waals surface area contributed by atoms with Crippen molar-refractivity contribution in [2.45, 2.75) is 6.92 Å². The van der Waals surface area contributed by atoms with Crippen LogP contribution in [0.4, 0.5) is 0 Å². The Labute approximate surface area is 165 Å². The number of ether oxygens (including phenoxy) is 2. The van der Waals surface area contributed by atoms with Gasteiger partial charge in [0.05, 0.1) is 36.4 Å². The van der Waals surface area contributed by atoms with Crippen molar-refractivity contribution in [1.82, 2.24) is 29.7 Å². The number of rotatable bonds is 5. The Bertz CT molecular complexity index is 1100. The maximum Gasteiger partial charge on any atom is 0.237 e. The normalized spacial score (nSPS) is 10.7.